The second kappa shape index (κ2) is 6.10. The molecule has 0 saturated heterocycles. The molecule has 24 heavy (non-hydrogen) atoms. The fourth-order valence-electron chi connectivity index (χ4n) is 2.36. The lowest BCUT2D eigenvalue weighted by Crippen LogP contribution is -2.00. The number of anilines is 2. The van der Waals surface area contributed by atoms with E-state index in [0.29, 0.717) is 5.82 Å². The fraction of sp³-hybridized carbons (Fsp3) is 0. The van der Waals surface area contributed by atoms with E-state index in [-0.39, 0.29) is 5.95 Å². The van der Waals surface area contributed by atoms with Crippen molar-refractivity contribution in [2.24, 2.45) is 0 Å². The molecule has 0 fully saturated rings. The first kappa shape index (κ1) is 14.9. The Morgan fingerprint density at radius 1 is 0.917 bits per heavy atom. The second-order valence-corrected chi connectivity index (χ2v) is 7.29. The van der Waals surface area contributed by atoms with Gasteiger partial charge in [0.05, 0.1) is 11.2 Å². The van der Waals surface area contributed by atoms with E-state index in [1.165, 1.54) is 0 Å². The highest BCUT2D eigenvalue weighted by Crippen LogP contribution is 2.35. The van der Waals surface area contributed by atoms with Crippen LogP contribution in [0.4, 0.5) is 11.8 Å². The van der Waals surface area contributed by atoms with Gasteiger partial charge in [0.15, 0.2) is 4.34 Å². The first-order chi connectivity index (χ1) is 11.7. The largest absolute Gasteiger partial charge is 0.383 e. The molecule has 4 rings (SSSR count). The third-order valence-corrected chi connectivity index (χ3v) is 5.40. The summed E-state index contributed by atoms with van der Waals surface area (Å²) in [4.78, 5) is 13.9. The smallest absolute Gasteiger partial charge is 0.222 e. The Bertz CT molecular complexity index is 1010. The highest BCUT2D eigenvalue weighted by atomic mass is 32.2. The molecule has 7 heteroatoms. The van der Waals surface area contributed by atoms with Gasteiger partial charge in [-0.3, -0.25) is 0 Å². The van der Waals surface area contributed by atoms with Crippen LogP contribution in [0.3, 0.4) is 0 Å². The van der Waals surface area contributed by atoms with Gasteiger partial charge in [-0.15, -0.1) is 11.3 Å². The number of hydrogen-bond donors (Lipinski definition) is 2. The molecular weight excluding hydrogens is 338 g/mol. The first-order valence-electron chi connectivity index (χ1n) is 7.20. The van der Waals surface area contributed by atoms with Gasteiger partial charge in [0.2, 0.25) is 5.95 Å². The Balaban J connectivity index is 1.64. The molecule has 0 spiro atoms. The van der Waals surface area contributed by atoms with Gasteiger partial charge in [0.25, 0.3) is 0 Å². The molecule has 0 atom stereocenters. The zero-order chi connectivity index (χ0) is 16.5. The molecule has 0 unspecified atom stereocenters. The van der Waals surface area contributed by atoms with Gasteiger partial charge >= 0.3 is 0 Å². The highest BCUT2D eigenvalue weighted by molar-refractivity contribution is 8.01. The maximum absolute atomic E-state index is 5.95. The van der Waals surface area contributed by atoms with Crippen LogP contribution in [0.1, 0.15) is 0 Å². The Morgan fingerprint density at radius 3 is 2.58 bits per heavy atom. The molecule has 118 valence electrons. The Morgan fingerprint density at radius 2 is 1.75 bits per heavy atom. The molecule has 4 N–H and O–H groups in total. The third kappa shape index (κ3) is 2.91. The number of nitrogen functional groups attached to an aromatic ring is 2. The molecule has 2 aromatic carbocycles. The van der Waals surface area contributed by atoms with E-state index >= 15 is 0 Å². The number of thiazole rings is 1. The van der Waals surface area contributed by atoms with Crippen molar-refractivity contribution < 1.29 is 0 Å². The molecular formula is C17H13N5S2. The van der Waals surface area contributed by atoms with E-state index in [0.717, 1.165) is 31.4 Å². The summed E-state index contributed by atoms with van der Waals surface area (Å²) in [6, 6.07) is 16.0. The second-order valence-electron chi connectivity index (χ2n) is 5.11. The fourth-order valence-corrected chi connectivity index (χ4v) is 4.20. The summed E-state index contributed by atoms with van der Waals surface area (Å²) in [6.45, 7) is 0. The highest BCUT2D eigenvalue weighted by Gasteiger charge is 2.09. The predicted octanol–water partition coefficient (Wildman–Crippen LogP) is 4.07. The quantitative estimate of drug-likeness (QED) is 0.578. The van der Waals surface area contributed by atoms with E-state index in [2.05, 4.69) is 27.5 Å². The van der Waals surface area contributed by atoms with E-state index in [9.17, 15) is 0 Å². The number of fused-ring (bicyclic) bond motifs is 1. The van der Waals surface area contributed by atoms with Crippen LogP contribution in [0, 0.1) is 0 Å². The van der Waals surface area contributed by atoms with Crippen molar-refractivity contribution in [2.75, 3.05) is 11.5 Å². The average Bonchev–Trinajstić information content (AvgIpc) is 3.05. The van der Waals surface area contributed by atoms with Crippen molar-refractivity contribution in [3.05, 3.63) is 53.9 Å². The minimum absolute atomic E-state index is 0.188. The van der Waals surface area contributed by atoms with Gasteiger partial charge in [-0.2, -0.15) is 4.98 Å². The summed E-state index contributed by atoms with van der Waals surface area (Å²) in [7, 11) is 0. The van der Waals surface area contributed by atoms with Crippen LogP contribution in [-0.4, -0.2) is 15.0 Å². The molecule has 0 bridgehead atoms. The van der Waals surface area contributed by atoms with Gasteiger partial charge in [0.1, 0.15) is 5.82 Å². The van der Waals surface area contributed by atoms with Crippen LogP contribution in [-0.2, 0) is 0 Å². The van der Waals surface area contributed by atoms with E-state index in [4.69, 9.17) is 16.5 Å². The van der Waals surface area contributed by atoms with E-state index in [1.54, 1.807) is 23.1 Å². The Kier molecular flexibility index (Phi) is 3.79. The van der Waals surface area contributed by atoms with Crippen molar-refractivity contribution in [3.63, 3.8) is 0 Å². The van der Waals surface area contributed by atoms with E-state index in [1.807, 2.05) is 36.4 Å². The van der Waals surface area contributed by atoms with Crippen molar-refractivity contribution in [1.82, 2.24) is 15.0 Å². The summed E-state index contributed by atoms with van der Waals surface area (Å²) >= 11 is 3.22. The minimum atomic E-state index is 0.188. The van der Waals surface area contributed by atoms with Crippen LogP contribution in [0.5, 0.6) is 0 Å². The molecule has 0 aliphatic rings. The minimum Gasteiger partial charge on any atom is -0.383 e. The number of rotatable bonds is 3. The van der Waals surface area contributed by atoms with Crippen LogP contribution < -0.4 is 11.5 Å². The lowest BCUT2D eigenvalue weighted by Gasteiger charge is -2.04. The van der Waals surface area contributed by atoms with Crippen molar-refractivity contribution in [3.8, 4) is 11.3 Å². The molecule has 0 aliphatic carbocycles. The summed E-state index contributed by atoms with van der Waals surface area (Å²) < 4.78 is 0.975. The molecule has 0 amide bonds. The van der Waals surface area contributed by atoms with E-state index < -0.39 is 0 Å². The summed E-state index contributed by atoms with van der Waals surface area (Å²) in [5.41, 5.74) is 14.4. The summed E-state index contributed by atoms with van der Waals surface area (Å²) in [5, 5.41) is 2.87. The number of nitrogens with zero attached hydrogens (tertiary/aromatic N) is 3. The summed E-state index contributed by atoms with van der Waals surface area (Å²) in [5.74, 6) is 0.580. The molecule has 0 saturated carbocycles. The van der Waals surface area contributed by atoms with Gasteiger partial charge < -0.3 is 11.5 Å². The van der Waals surface area contributed by atoms with Crippen LogP contribution in [0.15, 0.2) is 63.1 Å². The van der Waals surface area contributed by atoms with Crippen LogP contribution >= 0.6 is 23.1 Å². The lowest BCUT2D eigenvalue weighted by molar-refractivity contribution is 1.23. The van der Waals surface area contributed by atoms with Crippen molar-refractivity contribution in [1.29, 1.82) is 0 Å². The van der Waals surface area contributed by atoms with Crippen LogP contribution in [0.2, 0.25) is 0 Å². The van der Waals surface area contributed by atoms with Gasteiger partial charge in [-0.1, -0.05) is 42.1 Å². The van der Waals surface area contributed by atoms with Crippen LogP contribution in [0.25, 0.3) is 22.2 Å². The zero-order valence-electron chi connectivity index (χ0n) is 12.5. The van der Waals surface area contributed by atoms with Crippen molar-refractivity contribution >= 4 is 45.8 Å². The predicted molar refractivity (Wildman–Crippen MR) is 100 cm³/mol. The molecule has 0 radical (unpaired) electrons. The molecule has 4 aromatic rings. The maximum Gasteiger partial charge on any atom is 0.222 e. The van der Waals surface area contributed by atoms with Gasteiger partial charge in [-0.05, 0) is 18.2 Å². The number of nitrogens with two attached hydrogens (primary N) is 2. The lowest BCUT2D eigenvalue weighted by atomic mass is 10.2. The maximum atomic E-state index is 5.95. The monoisotopic (exact) mass is 351 g/mol. The van der Waals surface area contributed by atoms with Gasteiger partial charge in [-0.25, -0.2) is 9.97 Å². The molecule has 2 aromatic heterocycles. The molecule has 2 heterocycles. The number of hydrogen-bond acceptors (Lipinski definition) is 7. The van der Waals surface area contributed by atoms with Gasteiger partial charge in [0, 0.05) is 21.2 Å². The van der Waals surface area contributed by atoms with Crippen molar-refractivity contribution in [2.45, 2.75) is 9.24 Å². The summed E-state index contributed by atoms with van der Waals surface area (Å²) in [6.07, 6.45) is 0. The zero-order valence-corrected chi connectivity index (χ0v) is 14.1. The average molecular weight is 351 g/mol. The molecule has 0 aliphatic heterocycles. The normalized spacial score (nSPS) is 11.0. The first-order valence-corrected chi connectivity index (χ1v) is 8.90. The Hall–Kier alpha value is -2.64. The number of benzene rings is 2. The molecule has 5 nitrogen and oxygen atoms in total. The number of aromatic nitrogens is 3. The Labute approximate surface area is 146 Å². The SMILES string of the molecule is Nc1nc(N)c2cc(Sc3nc(-c4ccccc4)cs3)ccc2n1. The third-order valence-electron chi connectivity index (χ3n) is 3.47. The standard InChI is InChI=1S/C17H13N5S2/c18-15-12-8-11(6-7-13(12)20-16(19)22-15)24-17-21-14(9-23-17)10-4-2-1-3-5-10/h1-9H,(H4,18,19,20,22). The topological polar surface area (TPSA) is 90.7 Å².